The lowest BCUT2D eigenvalue weighted by Gasteiger charge is -2.24. The molecule has 4 nitrogen and oxygen atoms in total. The first kappa shape index (κ1) is 15.0. The fourth-order valence-electron chi connectivity index (χ4n) is 2.53. The first-order valence-electron chi connectivity index (χ1n) is 6.69. The Kier molecular flexibility index (Phi) is 5.00. The summed E-state index contributed by atoms with van der Waals surface area (Å²) in [5.41, 5.74) is 0. The number of thiophene rings is 1. The molecule has 0 aliphatic heterocycles. The first-order valence-corrected chi connectivity index (χ1v) is 9.11. The van der Waals surface area contributed by atoms with Crippen molar-refractivity contribution in [1.29, 1.82) is 0 Å². The van der Waals surface area contributed by atoms with Gasteiger partial charge in [-0.05, 0) is 38.4 Å². The number of likely N-dealkylation sites (N-methyl/N-ethyl adjacent to an activating group) is 1. The zero-order valence-corrected chi connectivity index (χ0v) is 13.1. The number of nitrogens with one attached hydrogen (secondary N) is 1. The Labute approximate surface area is 119 Å². The minimum absolute atomic E-state index is 0.108. The Balaban J connectivity index is 1.99. The van der Waals surface area contributed by atoms with Gasteiger partial charge in [0, 0.05) is 11.4 Å². The lowest BCUT2D eigenvalue weighted by molar-refractivity contribution is 0.303. The second kappa shape index (κ2) is 6.35. The second-order valence-corrected chi connectivity index (χ2v) is 8.32. The monoisotopic (exact) mass is 302 g/mol. The summed E-state index contributed by atoms with van der Waals surface area (Å²) in [6.07, 6.45) is 3.68. The van der Waals surface area contributed by atoms with E-state index in [0.717, 1.165) is 25.7 Å². The molecule has 1 fully saturated rings. The normalized spacial score (nSPS) is 19.1. The highest BCUT2D eigenvalue weighted by molar-refractivity contribution is 7.90. The van der Waals surface area contributed by atoms with E-state index in [1.54, 1.807) is 11.3 Å². The smallest absolute Gasteiger partial charge is 0.214 e. The first-order chi connectivity index (χ1) is 9.00. The summed E-state index contributed by atoms with van der Waals surface area (Å²) in [4.78, 5) is 3.25. The summed E-state index contributed by atoms with van der Waals surface area (Å²) in [6, 6.07) is 4.16. The van der Waals surface area contributed by atoms with Crippen molar-refractivity contribution in [2.75, 3.05) is 20.6 Å². The second-order valence-electron chi connectivity index (χ2n) is 5.29. The van der Waals surface area contributed by atoms with E-state index in [-0.39, 0.29) is 11.3 Å². The molecule has 1 heterocycles. The van der Waals surface area contributed by atoms with E-state index >= 15 is 0 Å². The summed E-state index contributed by atoms with van der Waals surface area (Å²) in [7, 11) is 0.809. The van der Waals surface area contributed by atoms with Gasteiger partial charge in [0.15, 0.2) is 0 Å². The predicted molar refractivity (Wildman–Crippen MR) is 79.9 cm³/mol. The van der Waals surface area contributed by atoms with Gasteiger partial charge in [0.1, 0.15) is 0 Å². The van der Waals surface area contributed by atoms with Gasteiger partial charge < -0.3 is 4.90 Å². The molecule has 2 rings (SSSR count). The third-order valence-electron chi connectivity index (χ3n) is 3.71. The van der Waals surface area contributed by atoms with Crippen LogP contribution < -0.4 is 4.72 Å². The Hall–Kier alpha value is -0.430. The maximum Gasteiger partial charge on any atom is 0.214 e. The van der Waals surface area contributed by atoms with Crippen LogP contribution in [0.4, 0.5) is 0 Å². The fourth-order valence-corrected chi connectivity index (χ4v) is 5.03. The Morgan fingerprint density at radius 3 is 2.63 bits per heavy atom. The van der Waals surface area contributed by atoms with E-state index in [1.807, 2.05) is 25.5 Å². The molecular weight excluding hydrogens is 280 g/mol. The van der Waals surface area contributed by atoms with Gasteiger partial charge in [-0.3, -0.25) is 0 Å². The Bertz CT molecular complexity index is 477. The summed E-state index contributed by atoms with van der Waals surface area (Å²) in [6.45, 7) is 0.451. The average Bonchev–Trinajstić information content (AvgIpc) is 3.02. The van der Waals surface area contributed by atoms with Gasteiger partial charge in [-0.1, -0.05) is 18.9 Å². The van der Waals surface area contributed by atoms with Gasteiger partial charge >= 0.3 is 0 Å². The van der Waals surface area contributed by atoms with Gasteiger partial charge in [0.25, 0.3) is 0 Å². The summed E-state index contributed by atoms with van der Waals surface area (Å²) in [5.74, 6) is 0. The van der Waals surface area contributed by atoms with E-state index in [4.69, 9.17) is 0 Å². The quantitative estimate of drug-likeness (QED) is 0.876. The van der Waals surface area contributed by atoms with Crippen molar-refractivity contribution in [1.82, 2.24) is 9.62 Å². The van der Waals surface area contributed by atoms with Gasteiger partial charge in [-0.2, -0.15) is 0 Å². The molecule has 0 saturated heterocycles. The van der Waals surface area contributed by atoms with Gasteiger partial charge in [-0.15, -0.1) is 11.3 Å². The molecule has 0 amide bonds. The van der Waals surface area contributed by atoms with Crippen LogP contribution in [0.2, 0.25) is 0 Å². The van der Waals surface area contributed by atoms with Crippen molar-refractivity contribution in [3.63, 3.8) is 0 Å². The van der Waals surface area contributed by atoms with E-state index < -0.39 is 10.0 Å². The maximum atomic E-state index is 12.2. The highest BCUT2D eigenvalue weighted by Crippen LogP contribution is 2.26. The number of hydrogen-bond acceptors (Lipinski definition) is 4. The zero-order chi connectivity index (χ0) is 13.9. The highest BCUT2D eigenvalue weighted by Gasteiger charge is 2.29. The molecule has 0 spiro atoms. The Morgan fingerprint density at radius 1 is 1.42 bits per heavy atom. The number of sulfonamides is 1. The molecule has 0 bridgehead atoms. The van der Waals surface area contributed by atoms with Crippen molar-refractivity contribution < 1.29 is 8.42 Å². The van der Waals surface area contributed by atoms with E-state index in [0.29, 0.717) is 6.54 Å². The van der Waals surface area contributed by atoms with Crippen molar-refractivity contribution in [3.05, 3.63) is 22.4 Å². The van der Waals surface area contributed by atoms with Crippen LogP contribution in [0.1, 0.15) is 36.6 Å². The van der Waals surface area contributed by atoms with Crippen LogP contribution in [-0.4, -0.2) is 39.2 Å². The molecular formula is C13H22N2O2S2. The highest BCUT2D eigenvalue weighted by atomic mass is 32.2. The van der Waals surface area contributed by atoms with E-state index in [9.17, 15) is 8.42 Å². The summed E-state index contributed by atoms with van der Waals surface area (Å²) < 4.78 is 27.2. The van der Waals surface area contributed by atoms with Crippen molar-refractivity contribution in [2.24, 2.45) is 0 Å². The number of hydrogen-bond donors (Lipinski definition) is 1. The number of rotatable bonds is 6. The van der Waals surface area contributed by atoms with Crippen LogP contribution in [0.3, 0.4) is 0 Å². The number of nitrogens with zero attached hydrogens (tertiary/aromatic N) is 1. The maximum absolute atomic E-state index is 12.2. The minimum atomic E-state index is -3.15. The van der Waals surface area contributed by atoms with Crippen LogP contribution in [0, 0.1) is 0 Å². The Morgan fingerprint density at radius 2 is 2.11 bits per heavy atom. The minimum Gasteiger partial charge on any atom is -0.300 e. The molecule has 0 aromatic carbocycles. The fraction of sp³-hybridized carbons (Fsp3) is 0.692. The lowest BCUT2D eigenvalue weighted by Crippen LogP contribution is -2.38. The summed E-state index contributed by atoms with van der Waals surface area (Å²) >= 11 is 1.67. The average molecular weight is 302 g/mol. The molecule has 1 atom stereocenters. The molecule has 1 saturated carbocycles. The van der Waals surface area contributed by atoms with Gasteiger partial charge in [0.2, 0.25) is 10.0 Å². The SMILES string of the molecule is CN(C)C(CNS(=O)(=O)C1CCCC1)c1cccs1. The van der Waals surface area contributed by atoms with Gasteiger partial charge in [0.05, 0.1) is 11.3 Å². The van der Waals surface area contributed by atoms with E-state index in [1.165, 1.54) is 4.88 Å². The largest absolute Gasteiger partial charge is 0.300 e. The van der Waals surface area contributed by atoms with Crippen LogP contribution in [0.25, 0.3) is 0 Å². The van der Waals surface area contributed by atoms with Crippen LogP contribution in [-0.2, 0) is 10.0 Å². The molecule has 1 N–H and O–H groups in total. The van der Waals surface area contributed by atoms with Crippen LogP contribution in [0.5, 0.6) is 0 Å². The standard InChI is InChI=1S/C13H22N2O2S2/c1-15(2)12(13-8-5-9-18-13)10-14-19(16,17)11-6-3-4-7-11/h5,8-9,11-12,14H,3-4,6-7,10H2,1-2H3. The third-order valence-corrected chi connectivity index (χ3v) is 6.61. The molecule has 1 aliphatic rings. The topological polar surface area (TPSA) is 49.4 Å². The molecule has 1 aromatic heterocycles. The predicted octanol–water partition coefficient (Wildman–Crippen LogP) is 2.21. The van der Waals surface area contributed by atoms with Crippen molar-refractivity contribution in [3.8, 4) is 0 Å². The molecule has 6 heteroatoms. The van der Waals surface area contributed by atoms with Crippen LogP contribution >= 0.6 is 11.3 Å². The molecule has 1 aromatic rings. The summed E-state index contributed by atoms with van der Waals surface area (Å²) in [5, 5.41) is 1.84. The molecule has 108 valence electrons. The zero-order valence-electron chi connectivity index (χ0n) is 11.5. The van der Waals surface area contributed by atoms with Crippen molar-refractivity contribution >= 4 is 21.4 Å². The molecule has 1 unspecified atom stereocenters. The molecule has 0 radical (unpaired) electrons. The molecule has 1 aliphatic carbocycles. The van der Waals surface area contributed by atoms with Gasteiger partial charge in [-0.25, -0.2) is 13.1 Å². The van der Waals surface area contributed by atoms with Crippen LogP contribution in [0.15, 0.2) is 17.5 Å². The van der Waals surface area contributed by atoms with Crippen molar-refractivity contribution in [2.45, 2.75) is 37.0 Å². The van der Waals surface area contributed by atoms with E-state index in [2.05, 4.69) is 15.7 Å². The third kappa shape index (κ3) is 3.78. The lowest BCUT2D eigenvalue weighted by atomic mass is 10.2. The molecule has 19 heavy (non-hydrogen) atoms.